The van der Waals surface area contributed by atoms with Crippen molar-refractivity contribution < 1.29 is 23.8 Å². The van der Waals surface area contributed by atoms with E-state index in [-0.39, 0.29) is 6.03 Å². The van der Waals surface area contributed by atoms with Crippen LogP contribution in [0.15, 0.2) is 24.3 Å². The van der Waals surface area contributed by atoms with Gasteiger partial charge in [0.05, 0.1) is 20.3 Å². The van der Waals surface area contributed by atoms with Gasteiger partial charge in [-0.25, -0.2) is 9.59 Å². The van der Waals surface area contributed by atoms with Crippen LogP contribution >= 0.6 is 0 Å². The standard InChI is InChI=1S/C16H21N3O5/c1-22-15(21)18-13-4-2-3-12(11-13)17-14(20)19-7-5-16(6-8-19)23-9-10-24-16/h2-4,11H,5-10H2,1H3,(H,17,20)(H,18,21). The molecule has 0 saturated carbocycles. The molecule has 0 radical (unpaired) electrons. The van der Waals surface area contributed by atoms with Crippen molar-refractivity contribution >= 4 is 23.5 Å². The maximum atomic E-state index is 12.4. The Balaban J connectivity index is 1.55. The number of nitrogens with zero attached hydrogens (tertiary/aromatic N) is 1. The topological polar surface area (TPSA) is 89.1 Å². The molecule has 8 nitrogen and oxygen atoms in total. The lowest BCUT2D eigenvalue weighted by Gasteiger charge is -2.37. The van der Waals surface area contributed by atoms with Gasteiger partial charge in [0.15, 0.2) is 5.79 Å². The number of hydrogen-bond donors (Lipinski definition) is 2. The number of rotatable bonds is 2. The summed E-state index contributed by atoms with van der Waals surface area (Å²) < 4.78 is 15.9. The second-order valence-corrected chi connectivity index (χ2v) is 5.72. The zero-order chi connectivity index (χ0) is 17.0. The number of methoxy groups -OCH3 is 1. The normalized spacial score (nSPS) is 19.1. The summed E-state index contributed by atoms with van der Waals surface area (Å²) >= 11 is 0. The van der Waals surface area contributed by atoms with Gasteiger partial charge in [0.2, 0.25) is 0 Å². The Kier molecular flexibility index (Phi) is 4.86. The highest BCUT2D eigenvalue weighted by atomic mass is 16.7. The predicted octanol–water partition coefficient (Wildman–Crippen LogP) is 2.24. The van der Waals surface area contributed by atoms with Crippen molar-refractivity contribution in [1.29, 1.82) is 0 Å². The van der Waals surface area contributed by atoms with E-state index in [2.05, 4.69) is 15.4 Å². The van der Waals surface area contributed by atoms with Crippen LogP contribution in [-0.4, -0.2) is 56.2 Å². The Bertz CT molecular complexity index is 605. The Morgan fingerprint density at radius 2 is 1.75 bits per heavy atom. The predicted molar refractivity (Wildman–Crippen MR) is 86.9 cm³/mol. The second kappa shape index (κ2) is 7.06. The number of ether oxygens (including phenoxy) is 3. The molecule has 0 unspecified atom stereocenters. The van der Waals surface area contributed by atoms with E-state index in [1.807, 2.05) is 0 Å². The number of amides is 3. The third-order valence-corrected chi connectivity index (χ3v) is 4.17. The smallest absolute Gasteiger partial charge is 0.411 e. The summed E-state index contributed by atoms with van der Waals surface area (Å²) in [6.45, 7) is 2.39. The number of carbonyl (C=O) groups excluding carboxylic acids is 2. The molecule has 1 spiro atoms. The fourth-order valence-corrected chi connectivity index (χ4v) is 2.88. The Hall–Kier alpha value is -2.32. The van der Waals surface area contributed by atoms with E-state index in [9.17, 15) is 9.59 Å². The van der Waals surface area contributed by atoms with Crippen LogP contribution in [0.3, 0.4) is 0 Å². The van der Waals surface area contributed by atoms with E-state index in [1.165, 1.54) is 7.11 Å². The van der Waals surface area contributed by atoms with Crippen LogP contribution in [0.1, 0.15) is 12.8 Å². The van der Waals surface area contributed by atoms with Crippen LogP contribution < -0.4 is 10.6 Å². The monoisotopic (exact) mass is 335 g/mol. The summed E-state index contributed by atoms with van der Waals surface area (Å²) in [5.41, 5.74) is 1.15. The van der Waals surface area contributed by atoms with Crippen LogP contribution in [0.25, 0.3) is 0 Å². The molecule has 2 aliphatic rings. The first-order chi connectivity index (χ1) is 11.6. The molecule has 0 aromatic heterocycles. The van der Waals surface area contributed by atoms with Crippen molar-refractivity contribution in [1.82, 2.24) is 4.90 Å². The van der Waals surface area contributed by atoms with Gasteiger partial charge in [0.1, 0.15) is 0 Å². The fourth-order valence-electron chi connectivity index (χ4n) is 2.88. The summed E-state index contributed by atoms with van der Waals surface area (Å²) in [4.78, 5) is 25.3. The lowest BCUT2D eigenvalue weighted by molar-refractivity contribution is -0.181. The summed E-state index contributed by atoms with van der Waals surface area (Å²) in [5, 5.41) is 5.39. The van der Waals surface area contributed by atoms with Crippen LogP contribution in [0.4, 0.5) is 21.0 Å². The summed E-state index contributed by atoms with van der Waals surface area (Å²) in [6.07, 6.45) is 0.783. The number of carbonyl (C=O) groups is 2. The average Bonchev–Trinajstić information content (AvgIpc) is 3.03. The van der Waals surface area contributed by atoms with E-state index in [0.29, 0.717) is 50.5 Å². The SMILES string of the molecule is COC(=O)Nc1cccc(NC(=O)N2CCC3(CC2)OCCO3)c1. The molecule has 3 rings (SSSR count). The van der Waals surface area contributed by atoms with Gasteiger partial charge < -0.3 is 24.4 Å². The minimum absolute atomic E-state index is 0.182. The quantitative estimate of drug-likeness (QED) is 0.865. The molecule has 3 amide bonds. The molecule has 1 aromatic rings. The van der Waals surface area contributed by atoms with Gasteiger partial charge in [-0.1, -0.05) is 6.07 Å². The Morgan fingerprint density at radius 3 is 2.38 bits per heavy atom. The molecule has 0 atom stereocenters. The first-order valence-electron chi connectivity index (χ1n) is 7.89. The van der Waals surface area contributed by atoms with E-state index in [0.717, 1.165) is 0 Å². The van der Waals surface area contributed by atoms with Crippen molar-refractivity contribution in [3.8, 4) is 0 Å². The fraction of sp³-hybridized carbons (Fsp3) is 0.500. The van der Waals surface area contributed by atoms with Crippen molar-refractivity contribution in [2.24, 2.45) is 0 Å². The lowest BCUT2D eigenvalue weighted by Crippen LogP contribution is -2.48. The number of piperidine rings is 1. The van der Waals surface area contributed by atoms with Gasteiger partial charge >= 0.3 is 12.1 Å². The maximum absolute atomic E-state index is 12.4. The molecule has 130 valence electrons. The van der Waals surface area contributed by atoms with Gasteiger partial charge in [0.25, 0.3) is 0 Å². The minimum atomic E-state index is -0.559. The van der Waals surface area contributed by atoms with E-state index < -0.39 is 11.9 Å². The molecular formula is C16H21N3O5. The molecule has 1 aromatic carbocycles. The summed E-state index contributed by atoms with van der Waals surface area (Å²) in [5.74, 6) is -0.499. The highest BCUT2D eigenvalue weighted by Crippen LogP contribution is 2.31. The number of nitrogens with one attached hydrogen (secondary N) is 2. The highest BCUT2D eigenvalue weighted by molar-refractivity contribution is 5.91. The van der Waals surface area contributed by atoms with Crippen LogP contribution in [0.5, 0.6) is 0 Å². The molecule has 0 aliphatic carbocycles. The second-order valence-electron chi connectivity index (χ2n) is 5.72. The van der Waals surface area contributed by atoms with Crippen LogP contribution in [0, 0.1) is 0 Å². The summed E-state index contributed by atoms with van der Waals surface area (Å²) in [6, 6.07) is 6.70. The van der Waals surface area contributed by atoms with E-state index in [4.69, 9.17) is 9.47 Å². The zero-order valence-electron chi connectivity index (χ0n) is 13.5. The molecule has 2 N–H and O–H groups in total. The largest absolute Gasteiger partial charge is 0.453 e. The van der Waals surface area contributed by atoms with Crippen LogP contribution in [0.2, 0.25) is 0 Å². The molecule has 2 aliphatic heterocycles. The van der Waals surface area contributed by atoms with Crippen molar-refractivity contribution in [2.45, 2.75) is 18.6 Å². The third kappa shape index (κ3) is 3.77. The van der Waals surface area contributed by atoms with E-state index >= 15 is 0 Å². The molecule has 8 heteroatoms. The number of anilines is 2. The lowest BCUT2D eigenvalue weighted by atomic mass is 10.0. The maximum Gasteiger partial charge on any atom is 0.411 e. The van der Waals surface area contributed by atoms with Crippen LogP contribution in [-0.2, 0) is 14.2 Å². The Morgan fingerprint density at radius 1 is 1.12 bits per heavy atom. The minimum Gasteiger partial charge on any atom is -0.453 e. The number of benzene rings is 1. The van der Waals surface area contributed by atoms with Gasteiger partial charge in [0, 0.05) is 37.3 Å². The van der Waals surface area contributed by atoms with Crippen molar-refractivity contribution in [3.63, 3.8) is 0 Å². The third-order valence-electron chi connectivity index (χ3n) is 4.17. The number of hydrogen-bond acceptors (Lipinski definition) is 5. The Labute approximate surface area is 140 Å². The summed E-state index contributed by atoms with van der Waals surface area (Å²) in [7, 11) is 1.29. The van der Waals surface area contributed by atoms with Crippen molar-refractivity contribution in [2.75, 3.05) is 44.0 Å². The number of urea groups is 1. The first kappa shape index (κ1) is 16.5. The van der Waals surface area contributed by atoms with Gasteiger partial charge in [-0.3, -0.25) is 5.32 Å². The number of likely N-dealkylation sites (tertiary alicyclic amines) is 1. The van der Waals surface area contributed by atoms with Gasteiger partial charge in [-0.05, 0) is 18.2 Å². The molecule has 2 saturated heterocycles. The molecule has 2 heterocycles. The molecule has 24 heavy (non-hydrogen) atoms. The molecule has 0 bridgehead atoms. The van der Waals surface area contributed by atoms with Gasteiger partial charge in [-0.15, -0.1) is 0 Å². The molecular weight excluding hydrogens is 314 g/mol. The average molecular weight is 335 g/mol. The first-order valence-corrected chi connectivity index (χ1v) is 7.89. The molecule has 2 fully saturated rings. The van der Waals surface area contributed by atoms with Gasteiger partial charge in [-0.2, -0.15) is 0 Å². The highest BCUT2D eigenvalue weighted by Gasteiger charge is 2.40. The van der Waals surface area contributed by atoms with E-state index in [1.54, 1.807) is 29.2 Å². The zero-order valence-corrected chi connectivity index (χ0v) is 13.5. The van der Waals surface area contributed by atoms with Crippen molar-refractivity contribution in [3.05, 3.63) is 24.3 Å².